The molecule has 0 aliphatic rings. The monoisotopic (exact) mass is 302 g/mol. The number of anilines is 1. The summed E-state index contributed by atoms with van der Waals surface area (Å²) in [5, 5.41) is 8.75. The molecule has 1 aromatic heterocycles. The van der Waals surface area contributed by atoms with Gasteiger partial charge in [0.15, 0.2) is 5.69 Å². The van der Waals surface area contributed by atoms with Crippen molar-refractivity contribution in [3.8, 4) is 0 Å². The molecule has 1 rings (SSSR count). The van der Waals surface area contributed by atoms with Crippen molar-refractivity contribution in [3.63, 3.8) is 0 Å². The van der Waals surface area contributed by atoms with E-state index < -0.39 is 22.0 Å². The average molecular weight is 302 g/mol. The molecule has 0 radical (unpaired) electrons. The molecule has 20 heavy (non-hydrogen) atoms. The summed E-state index contributed by atoms with van der Waals surface area (Å²) in [6.45, 7) is 0. The molecule has 0 saturated carbocycles. The van der Waals surface area contributed by atoms with E-state index in [1.165, 1.54) is 25.3 Å². The van der Waals surface area contributed by atoms with Crippen LogP contribution in [-0.4, -0.2) is 43.3 Å². The Labute approximate surface area is 115 Å². The van der Waals surface area contributed by atoms with Crippen molar-refractivity contribution >= 4 is 27.8 Å². The highest BCUT2D eigenvalue weighted by molar-refractivity contribution is 7.92. The summed E-state index contributed by atoms with van der Waals surface area (Å²) in [5.74, 6) is -2.12. The Bertz CT molecular complexity index is 599. The van der Waals surface area contributed by atoms with Crippen LogP contribution in [0.15, 0.2) is 18.2 Å². The van der Waals surface area contributed by atoms with Crippen molar-refractivity contribution in [1.82, 2.24) is 4.98 Å². The molecule has 0 atom stereocenters. The molecule has 0 saturated heterocycles. The first-order valence-electron chi connectivity index (χ1n) is 5.62. The SMILES string of the molecule is COC(=O)CCCS(=O)(=O)Nc1cccc(C(=O)O)n1. The van der Waals surface area contributed by atoms with Gasteiger partial charge in [0, 0.05) is 6.42 Å². The van der Waals surface area contributed by atoms with Crippen molar-refractivity contribution in [3.05, 3.63) is 23.9 Å². The molecule has 0 bridgehead atoms. The third-order valence-corrected chi connectivity index (χ3v) is 3.60. The normalized spacial score (nSPS) is 10.8. The number of hydrogen-bond acceptors (Lipinski definition) is 6. The molecule has 0 unspecified atom stereocenters. The van der Waals surface area contributed by atoms with Crippen LogP contribution in [0.5, 0.6) is 0 Å². The van der Waals surface area contributed by atoms with Gasteiger partial charge in [0.1, 0.15) is 5.82 Å². The lowest BCUT2D eigenvalue weighted by Crippen LogP contribution is -2.19. The molecule has 0 aliphatic heterocycles. The van der Waals surface area contributed by atoms with Crippen LogP contribution < -0.4 is 4.72 Å². The number of carboxylic acids is 1. The molecular weight excluding hydrogens is 288 g/mol. The summed E-state index contributed by atoms with van der Waals surface area (Å²) in [6, 6.07) is 3.96. The lowest BCUT2D eigenvalue weighted by atomic mass is 10.3. The molecule has 1 heterocycles. The van der Waals surface area contributed by atoms with Crippen LogP contribution in [0.3, 0.4) is 0 Å². The summed E-state index contributed by atoms with van der Waals surface area (Å²) < 4.78 is 29.9. The highest BCUT2D eigenvalue weighted by atomic mass is 32.2. The number of rotatable bonds is 7. The number of carboxylic acid groups (broad SMARTS) is 1. The van der Waals surface area contributed by atoms with Crippen molar-refractivity contribution in [1.29, 1.82) is 0 Å². The standard InChI is InChI=1S/C11H14N2O6S/c1-19-10(14)6-3-7-20(17,18)13-9-5-2-4-8(12-9)11(15)16/h2,4-5H,3,6-7H2,1H3,(H,12,13)(H,15,16). The number of nitrogens with one attached hydrogen (secondary N) is 1. The number of sulfonamides is 1. The Balaban J connectivity index is 2.64. The van der Waals surface area contributed by atoms with Crippen molar-refractivity contribution in [2.24, 2.45) is 0 Å². The minimum atomic E-state index is -3.69. The summed E-state index contributed by atoms with van der Waals surface area (Å²) >= 11 is 0. The molecule has 0 aliphatic carbocycles. The Morgan fingerprint density at radius 3 is 2.70 bits per heavy atom. The minimum absolute atomic E-state index is 0.0139. The van der Waals surface area contributed by atoms with E-state index in [1.807, 2.05) is 0 Å². The smallest absolute Gasteiger partial charge is 0.354 e. The number of aromatic carboxylic acids is 1. The zero-order valence-electron chi connectivity index (χ0n) is 10.7. The number of esters is 1. The summed E-state index contributed by atoms with van der Waals surface area (Å²) in [5.41, 5.74) is -0.264. The Morgan fingerprint density at radius 2 is 2.10 bits per heavy atom. The predicted molar refractivity (Wildman–Crippen MR) is 69.9 cm³/mol. The van der Waals surface area contributed by atoms with E-state index in [-0.39, 0.29) is 30.1 Å². The fourth-order valence-electron chi connectivity index (χ4n) is 1.33. The first kappa shape index (κ1) is 15.9. The number of carbonyl (C=O) groups excluding carboxylic acids is 1. The minimum Gasteiger partial charge on any atom is -0.477 e. The van der Waals surface area contributed by atoms with E-state index in [2.05, 4.69) is 14.4 Å². The fourth-order valence-corrected chi connectivity index (χ4v) is 2.39. The van der Waals surface area contributed by atoms with E-state index in [9.17, 15) is 18.0 Å². The van der Waals surface area contributed by atoms with Gasteiger partial charge in [-0.1, -0.05) is 6.07 Å². The Kier molecular flexibility index (Phi) is 5.44. The van der Waals surface area contributed by atoms with Gasteiger partial charge >= 0.3 is 11.9 Å². The van der Waals surface area contributed by atoms with Gasteiger partial charge in [-0.2, -0.15) is 0 Å². The highest BCUT2D eigenvalue weighted by Crippen LogP contribution is 2.08. The fraction of sp³-hybridized carbons (Fsp3) is 0.364. The first-order valence-corrected chi connectivity index (χ1v) is 7.27. The molecule has 8 nitrogen and oxygen atoms in total. The third-order valence-electron chi connectivity index (χ3n) is 2.25. The second kappa shape index (κ2) is 6.85. The lowest BCUT2D eigenvalue weighted by molar-refractivity contribution is -0.140. The third kappa shape index (κ3) is 5.22. The quantitative estimate of drug-likeness (QED) is 0.702. The Hall–Kier alpha value is -2.16. The highest BCUT2D eigenvalue weighted by Gasteiger charge is 2.14. The van der Waals surface area contributed by atoms with E-state index in [1.54, 1.807) is 0 Å². The van der Waals surface area contributed by atoms with Crippen LogP contribution in [-0.2, 0) is 19.6 Å². The average Bonchev–Trinajstić information content (AvgIpc) is 2.37. The maximum absolute atomic E-state index is 11.7. The molecule has 0 aromatic carbocycles. The topological polar surface area (TPSA) is 123 Å². The predicted octanol–water partition coefficient (Wildman–Crippen LogP) is 0.475. The zero-order chi connectivity index (χ0) is 15.2. The lowest BCUT2D eigenvalue weighted by Gasteiger charge is -2.07. The molecule has 1 aromatic rings. The summed E-state index contributed by atoms with van der Waals surface area (Å²) in [4.78, 5) is 25.2. The number of methoxy groups -OCH3 is 1. The zero-order valence-corrected chi connectivity index (χ0v) is 11.5. The van der Waals surface area contributed by atoms with E-state index in [0.29, 0.717) is 0 Å². The molecule has 0 amide bonds. The summed E-state index contributed by atoms with van der Waals surface area (Å²) in [6.07, 6.45) is 0.0840. The molecule has 110 valence electrons. The first-order chi connectivity index (χ1) is 9.34. The molecular formula is C11H14N2O6S. The van der Waals surface area contributed by atoms with Gasteiger partial charge in [-0.25, -0.2) is 18.2 Å². The second-order valence-corrected chi connectivity index (χ2v) is 5.66. The maximum atomic E-state index is 11.7. The number of aromatic nitrogens is 1. The molecule has 0 fully saturated rings. The van der Waals surface area contributed by atoms with Gasteiger partial charge in [0.25, 0.3) is 0 Å². The largest absolute Gasteiger partial charge is 0.477 e. The van der Waals surface area contributed by atoms with Crippen molar-refractivity contribution in [2.75, 3.05) is 17.6 Å². The van der Waals surface area contributed by atoms with E-state index >= 15 is 0 Å². The Morgan fingerprint density at radius 1 is 1.40 bits per heavy atom. The number of pyridine rings is 1. The second-order valence-electron chi connectivity index (χ2n) is 3.81. The van der Waals surface area contributed by atoms with Crippen LogP contribution in [0.4, 0.5) is 5.82 Å². The molecule has 2 N–H and O–H groups in total. The molecule has 9 heteroatoms. The van der Waals surface area contributed by atoms with Gasteiger partial charge in [-0.3, -0.25) is 9.52 Å². The van der Waals surface area contributed by atoms with Crippen LogP contribution in [0.1, 0.15) is 23.3 Å². The van der Waals surface area contributed by atoms with Gasteiger partial charge in [0.05, 0.1) is 12.9 Å². The van der Waals surface area contributed by atoms with Crippen LogP contribution in [0.2, 0.25) is 0 Å². The summed E-state index contributed by atoms with van der Waals surface area (Å²) in [7, 11) is -2.48. The van der Waals surface area contributed by atoms with Crippen LogP contribution in [0.25, 0.3) is 0 Å². The van der Waals surface area contributed by atoms with Gasteiger partial charge in [-0.15, -0.1) is 0 Å². The maximum Gasteiger partial charge on any atom is 0.354 e. The van der Waals surface area contributed by atoms with Crippen molar-refractivity contribution in [2.45, 2.75) is 12.8 Å². The molecule has 0 spiro atoms. The van der Waals surface area contributed by atoms with E-state index in [0.717, 1.165) is 0 Å². The number of carbonyl (C=O) groups is 2. The number of ether oxygens (including phenoxy) is 1. The number of nitrogens with zero attached hydrogens (tertiary/aromatic N) is 1. The van der Waals surface area contributed by atoms with Crippen LogP contribution >= 0.6 is 0 Å². The van der Waals surface area contributed by atoms with Gasteiger partial charge < -0.3 is 9.84 Å². The van der Waals surface area contributed by atoms with Crippen molar-refractivity contribution < 1.29 is 27.9 Å². The van der Waals surface area contributed by atoms with Gasteiger partial charge in [0.2, 0.25) is 10.0 Å². The van der Waals surface area contributed by atoms with E-state index in [4.69, 9.17) is 5.11 Å². The van der Waals surface area contributed by atoms with Crippen LogP contribution in [0, 0.1) is 0 Å². The van der Waals surface area contributed by atoms with Gasteiger partial charge in [-0.05, 0) is 18.6 Å². The number of hydrogen-bond donors (Lipinski definition) is 2.